The first-order valence-electron chi connectivity index (χ1n) is 11.3. The number of hydrogen-bond donors (Lipinski definition) is 0. The second-order valence-electron chi connectivity index (χ2n) is 9.63. The Morgan fingerprint density at radius 3 is 2.45 bits per heavy atom. The first kappa shape index (κ1) is 23.8. The van der Waals surface area contributed by atoms with E-state index in [1.165, 1.54) is 24.3 Å². The van der Waals surface area contributed by atoms with Crippen LogP contribution in [0.2, 0.25) is 0 Å². The highest BCUT2D eigenvalue weighted by molar-refractivity contribution is 5.83. The van der Waals surface area contributed by atoms with Crippen LogP contribution in [0.5, 0.6) is 0 Å². The van der Waals surface area contributed by atoms with Crippen molar-refractivity contribution in [3.8, 4) is 0 Å². The van der Waals surface area contributed by atoms with Crippen molar-refractivity contribution in [2.45, 2.75) is 64.0 Å². The monoisotopic (exact) mass is 466 g/mol. The normalized spacial score (nSPS) is 35.5. The minimum absolute atomic E-state index is 0.00536. The second kappa shape index (κ2) is 8.15. The Morgan fingerprint density at radius 2 is 1.85 bits per heavy atom. The summed E-state index contributed by atoms with van der Waals surface area (Å²) in [5, 5.41) is 0. The van der Waals surface area contributed by atoms with E-state index in [1.807, 2.05) is 13.8 Å². The van der Waals surface area contributed by atoms with Crippen LogP contribution >= 0.6 is 0 Å². The van der Waals surface area contributed by atoms with E-state index in [0.29, 0.717) is 19.3 Å². The molecule has 0 unspecified atom stereocenters. The number of carbonyl (C=O) groups excluding carboxylic acids is 2. The lowest BCUT2D eigenvalue weighted by molar-refractivity contribution is -0.278. The van der Waals surface area contributed by atoms with Crippen molar-refractivity contribution < 1.29 is 37.0 Å². The molecule has 180 valence electrons. The van der Waals surface area contributed by atoms with E-state index in [-0.39, 0.29) is 40.8 Å². The average molecular weight is 466 g/mol. The number of rotatable bonds is 4. The second-order valence-corrected chi connectivity index (χ2v) is 9.63. The van der Waals surface area contributed by atoms with E-state index < -0.39 is 23.9 Å². The molecule has 1 aromatic rings. The molecule has 0 spiro atoms. The number of alkyl halides is 3. The van der Waals surface area contributed by atoms with Crippen LogP contribution in [-0.4, -0.2) is 37.4 Å². The molecule has 2 fully saturated rings. The van der Waals surface area contributed by atoms with Crippen molar-refractivity contribution in [3.63, 3.8) is 0 Å². The van der Waals surface area contributed by atoms with Gasteiger partial charge in [-0.3, -0.25) is 4.79 Å². The molecule has 0 N–H and O–H groups in total. The SMILES string of the molecule is CO[C@@](C(=O)O[C@H]1C=C2CC[C@@H]3OC(=O)[C@@H](C)[C@@H]3[C@]2(C)[C@@H](C)C1)(c1ccccc1)C(F)(F)F. The summed E-state index contributed by atoms with van der Waals surface area (Å²) in [6.45, 7) is 5.96. The van der Waals surface area contributed by atoms with Gasteiger partial charge in [-0.25, -0.2) is 4.79 Å². The molecule has 1 heterocycles. The van der Waals surface area contributed by atoms with Gasteiger partial charge in [-0.2, -0.15) is 13.2 Å². The molecule has 0 radical (unpaired) electrons. The lowest BCUT2D eigenvalue weighted by Gasteiger charge is -2.52. The maximum absolute atomic E-state index is 14.2. The van der Waals surface area contributed by atoms with Crippen LogP contribution in [0, 0.1) is 23.2 Å². The third-order valence-corrected chi connectivity index (χ3v) is 8.09. The summed E-state index contributed by atoms with van der Waals surface area (Å²) in [6.07, 6.45) is -2.56. The van der Waals surface area contributed by atoms with E-state index >= 15 is 0 Å². The molecule has 1 aromatic carbocycles. The van der Waals surface area contributed by atoms with Gasteiger partial charge in [0.25, 0.3) is 5.60 Å². The summed E-state index contributed by atoms with van der Waals surface area (Å²) in [4.78, 5) is 25.3. The molecule has 4 rings (SSSR count). The lowest BCUT2D eigenvalue weighted by atomic mass is 9.52. The molecule has 5 nitrogen and oxygen atoms in total. The van der Waals surface area contributed by atoms with Crippen LogP contribution in [0.1, 0.15) is 45.6 Å². The van der Waals surface area contributed by atoms with Gasteiger partial charge in [0.2, 0.25) is 0 Å². The van der Waals surface area contributed by atoms with Gasteiger partial charge in [-0.1, -0.05) is 56.7 Å². The Labute approximate surface area is 191 Å². The minimum Gasteiger partial charge on any atom is -0.462 e. The predicted octanol–water partition coefficient (Wildman–Crippen LogP) is 4.95. The number of fused-ring (bicyclic) bond motifs is 3. The molecule has 1 saturated heterocycles. The zero-order valence-electron chi connectivity index (χ0n) is 19.1. The molecule has 1 aliphatic heterocycles. The number of benzene rings is 1. The Bertz CT molecular complexity index is 959. The fourth-order valence-electron chi connectivity index (χ4n) is 6.21. The number of esters is 2. The maximum atomic E-state index is 14.2. The summed E-state index contributed by atoms with van der Waals surface area (Å²) in [7, 11) is 0.862. The van der Waals surface area contributed by atoms with Gasteiger partial charge in [0, 0.05) is 18.6 Å². The first-order chi connectivity index (χ1) is 15.5. The summed E-state index contributed by atoms with van der Waals surface area (Å²) in [5.74, 6) is -1.97. The van der Waals surface area contributed by atoms with Crippen molar-refractivity contribution in [3.05, 3.63) is 47.5 Å². The molecule has 0 aromatic heterocycles. The highest BCUT2D eigenvalue weighted by Gasteiger charge is 2.65. The molecule has 1 saturated carbocycles. The fourth-order valence-corrected chi connectivity index (χ4v) is 6.21. The van der Waals surface area contributed by atoms with Gasteiger partial charge >= 0.3 is 18.1 Å². The van der Waals surface area contributed by atoms with E-state index in [9.17, 15) is 22.8 Å². The molecule has 8 heteroatoms. The molecule has 33 heavy (non-hydrogen) atoms. The van der Waals surface area contributed by atoms with Gasteiger partial charge in [0.05, 0.1) is 5.92 Å². The van der Waals surface area contributed by atoms with Crippen molar-refractivity contribution >= 4 is 11.9 Å². The highest BCUT2D eigenvalue weighted by atomic mass is 19.4. The van der Waals surface area contributed by atoms with Crippen molar-refractivity contribution in [1.82, 2.24) is 0 Å². The summed E-state index contributed by atoms with van der Waals surface area (Å²) < 4.78 is 58.6. The summed E-state index contributed by atoms with van der Waals surface area (Å²) in [6, 6.07) is 6.81. The summed E-state index contributed by atoms with van der Waals surface area (Å²) >= 11 is 0. The fraction of sp³-hybridized carbons (Fsp3) is 0.600. The summed E-state index contributed by atoms with van der Waals surface area (Å²) in [5.41, 5.74) is -2.88. The molecule has 3 aliphatic rings. The van der Waals surface area contributed by atoms with Crippen LogP contribution in [-0.2, 0) is 29.4 Å². The smallest absolute Gasteiger partial charge is 0.432 e. The van der Waals surface area contributed by atoms with Gasteiger partial charge in [-0.15, -0.1) is 0 Å². The largest absolute Gasteiger partial charge is 0.462 e. The Balaban J connectivity index is 1.65. The Hall–Kier alpha value is -2.35. The van der Waals surface area contributed by atoms with Gasteiger partial charge in [-0.05, 0) is 36.7 Å². The first-order valence-corrected chi connectivity index (χ1v) is 11.3. The number of allylic oxidation sites excluding steroid dienone is 1. The number of ether oxygens (including phenoxy) is 3. The number of halogens is 3. The molecular weight excluding hydrogens is 437 g/mol. The van der Waals surface area contributed by atoms with Gasteiger partial charge < -0.3 is 14.2 Å². The third kappa shape index (κ3) is 3.49. The van der Waals surface area contributed by atoms with Crippen molar-refractivity contribution in [2.24, 2.45) is 23.2 Å². The van der Waals surface area contributed by atoms with Gasteiger partial charge in [0.1, 0.15) is 12.2 Å². The Morgan fingerprint density at radius 1 is 1.18 bits per heavy atom. The van der Waals surface area contributed by atoms with Crippen molar-refractivity contribution in [2.75, 3.05) is 7.11 Å². The standard InChI is InChI=1S/C25H29F3O5/c1-14-12-18(13-17-10-11-19-20(23(14,17)3)15(2)21(29)33-19)32-22(30)24(31-4,25(26,27)28)16-8-6-5-7-9-16/h5-9,13-15,18-20H,10-12H2,1-4H3/t14-,15-,18+,19-,20-,23+,24+/m0/s1. The predicted molar refractivity (Wildman–Crippen MR) is 113 cm³/mol. The van der Waals surface area contributed by atoms with Crippen LogP contribution in [0.15, 0.2) is 42.0 Å². The van der Waals surface area contributed by atoms with E-state index in [2.05, 4.69) is 6.92 Å². The van der Waals surface area contributed by atoms with E-state index in [4.69, 9.17) is 14.2 Å². The maximum Gasteiger partial charge on any atom is 0.432 e. The minimum atomic E-state index is -5.02. The number of carbonyl (C=O) groups is 2. The Kier molecular flexibility index (Phi) is 5.88. The quantitative estimate of drug-likeness (QED) is 0.464. The topological polar surface area (TPSA) is 61.8 Å². The lowest BCUT2D eigenvalue weighted by Crippen LogP contribution is -2.53. The van der Waals surface area contributed by atoms with Crippen LogP contribution in [0.3, 0.4) is 0 Å². The molecule has 7 atom stereocenters. The zero-order valence-corrected chi connectivity index (χ0v) is 19.1. The van der Waals surface area contributed by atoms with E-state index in [1.54, 1.807) is 12.1 Å². The molecule has 0 amide bonds. The van der Waals surface area contributed by atoms with Crippen LogP contribution in [0.25, 0.3) is 0 Å². The van der Waals surface area contributed by atoms with Crippen LogP contribution < -0.4 is 0 Å². The van der Waals surface area contributed by atoms with Crippen molar-refractivity contribution in [1.29, 1.82) is 0 Å². The average Bonchev–Trinajstić information content (AvgIpc) is 3.04. The number of hydrogen-bond acceptors (Lipinski definition) is 5. The highest BCUT2D eigenvalue weighted by Crippen LogP contribution is 2.59. The number of methoxy groups -OCH3 is 1. The zero-order chi connectivity index (χ0) is 24.2. The van der Waals surface area contributed by atoms with Crippen LogP contribution in [0.4, 0.5) is 13.2 Å². The molecular formula is C25H29F3O5. The van der Waals surface area contributed by atoms with E-state index in [0.717, 1.165) is 12.7 Å². The molecule has 0 bridgehead atoms. The van der Waals surface area contributed by atoms with Gasteiger partial charge in [0.15, 0.2) is 0 Å². The third-order valence-electron chi connectivity index (χ3n) is 8.09. The molecule has 2 aliphatic carbocycles.